The minimum absolute atomic E-state index is 0.000115. The molecule has 0 radical (unpaired) electrons. The van der Waals surface area contributed by atoms with Gasteiger partial charge in [0.05, 0.1) is 12.7 Å². The van der Waals surface area contributed by atoms with Gasteiger partial charge in [0.1, 0.15) is 5.75 Å². The highest BCUT2D eigenvalue weighted by Gasteiger charge is 2.35. The molecule has 0 N–H and O–H groups in total. The molecule has 0 unspecified atom stereocenters. The summed E-state index contributed by atoms with van der Waals surface area (Å²) in [5.74, 6) is 1.01. The van der Waals surface area contributed by atoms with E-state index in [0.717, 1.165) is 5.75 Å². The van der Waals surface area contributed by atoms with Gasteiger partial charge in [-0.15, -0.1) is 0 Å². The first kappa shape index (κ1) is 9.21. The molecule has 2 aromatic rings. The van der Waals surface area contributed by atoms with Crippen LogP contribution in [0.15, 0.2) is 42.5 Å². The fourth-order valence-electron chi connectivity index (χ4n) is 1.87. The van der Waals surface area contributed by atoms with Crippen LogP contribution in [0.5, 0.6) is 5.75 Å². The van der Waals surface area contributed by atoms with Crippen LogP contribution in [0.1, 0.15) is 0 Å². The molecular formula is C13H10IO+. The Morgan fingerprint density at radius 2 is 1.73 bits per heavy atom. The smallest absolute Gasteiger partial charge is 0.359 e. The van der Waals surface area contributed by atoms with E-state index in [9.17, 15) is 0 Å². The number of rotatable bonds is 1. The maximum absolute atomic E-state index is 5.43. The lowest BCUT2D eigenvalue weighted by Gasteiger charge is -2.03. The summed E-state index contributed by atoms with van der Waals surface area (Å²) < 4.78 is 8.42. The van der Waals surface area contributed by atoms with E-state index in [1.165, 1.54) is 18.3 Å². The van der Waals surface area contributed by atoms with Crippen LogP contribution < -0.4 is 25.9 Å². The maximum atomic E-state index is 5.43. The molecule has 0 amide bonds. The molecule has 0 saturated carbocycles. The molecule has 1 aliphatic heterocycles. The Morgan fingerprint density at radius 3 is 2.60 bits per heavy atom. The van der Waals surface area contributed by atoms with Crippen molar-refractivity contribution in [2.24, 2.45) is 0 Å². The predicted octanol–water partition coefficient (Wildman–Crippen LogP) is -0.196. The van der Waals surface area contributed by atoms with Crippen LogP contribution in [0, 0.1) is 7.14 Å². The van der Waals surface area contributed by atoms with E-state index in [0.29, 0.717) is 0 Å². The zero-order valence-corrected chi connectivity index (χ0v) is 10.5. The number of ether oxygens (including phenoxy) is 1. The van der Waals surface area contributed by atoms with Crippen LogP contribution >= 0.6 is 0 Å². The Kier molecular flexibility index (Phi) is 2.16. The summed E-state index contributed by atoms with van der Waals surface area (Å²) in [6, 6.07) is 15.0. The largest absolute Gasteiger partial charge is 0.496 e. The van der Waals surface area contributed by atoms with Gasteiger partial charge in [0.15, 0.2) is 0 Å². The summed E-state index contributed by atoms with van der Waals surface area (Å²) in [4.78, 5) is 0. The van der Waals surface area contributed by atoms with Crippen LogP contribution in [-0.2, 0) is 0 Å². The van der Waals surface area contributed by atoms with Crippen molar-refractivity contribution in [2.45, 2.75) is 0 Å². The third-order valence-electron chi connectivity index (χ3n) is 2.54. The average molecular weight is 309 g/mol. The second-order valence-corrected chi connectivity index (χ2v) is 6.26. The third-order valence-corrected chi connectivity index (χ3v) is 5.54. The molecule has 0 fully saturated rings. The van der Waals surface area contributed by atoms with Gasteiger partial charge in [-0.05, 0) is 24.3 Å². The van der Waals surface area contributed by atoms with E-state index in [1.54, 1.807) is 7.11 Å². The van der Waals surface area contributed by atoms with Crippen LogP contribution in [0.4, 0.5) is 0 Å². The molecule has 1 nitrogen and oxygen atoms in total. The van der Waals surface area contributed by atoms with E-state index in [4.69, 9.17) is 4.74 Å². The zero-order chi connectivity index (χ0) is 10.3. The van der Waals surface area contributed by atoms with Crippen LogP contribution in [0.3, 0.4) is 0 Å². The fraction of sp³-hybridized carbons (Fsp3) is 0.0769. The lowest BCUT2D eigenvalue weighted by Crippen LogP contribution is -3.61. The minimum atomic E-state index is -0.000115. The molecule has 1 aliphatic rings. The highest BCUT2D eigenvalue weighted by molar-refractivity contribution is 5.71. The normalized spacial score (nSPS) is 12.1. The molecule has 0 bridgehead atoms. The van der Waals surface area contributed by atoms with E-state index >= 15 is 0 Å². The summed E-state index contributed by atoms with van der Waals surface area (Å²) in [7, 11) is 1.74. The van der Waals surface area contributed by atoms with E-state index in [1.807, 2.05) is 6.07 Å². The summed E-state index contributed by atoms with van der Waals surface area (Å²) in [5, 5.41) is 0. The van der Waals surface area contributed by atoms with Crippen molar-refractivity contribution in [1.29, 1.82) is 0 Å². The number of methoxy groups -OCH3 is 1. The van der Waals surface area contributed by atoms with Crippen molar-refractivity contribution in [2.75, 3.05) is 7.11 Å². The van der Waals surface area contributed by atoms with E-state index in [-0.39, 0.29) is 21.2 Å². The Labute approximate surface area is 99.3 Å². The first-order chi connectivity index (χ1) is 7.40. The number of fused-ring (bicyclic) bond motifs is 3. The standard InChI is InChI=1S/C13H10IO/c1-15-12-8-4-7-11-13(12)9-5-2-3-6-10(9)14-11/h2-8H,1H3/q+1. The van der Waals surface area contributed by atoms with Gasteiger partial charge in [-0.1, -0.05) is 18.2 Å². The second kappa shape index (κ2) is 3.52. The summed E-state index contributed by atoms with van der Waals surface area (Å²) in [6.45, 7) is 0. The molecule has 0 saturated heterocycles. The first-order valence-corrected chi connectivity index (χ1v) is 6.97. The topological polar surface area (TPSA) is 9.23 Å². The molecule has 1 heterocycles. The van der Waals surface area contributed by atoms with Crippen LogP contribution in [0.25, 0.3) is 11.1 Å². The summed E-state index contributed by atoms with van der Waals surface area (Å²) in [5.41, 5.74) is 2.70. The number of halogens is 1. The molecular weight excluding hydrogens is 299 g/mol. The fourth-order valence-corrected chi connectivity index (χ4v) is 4.84. The Balaban J connectivity index is 2.30. The Hall–Kier alpha value is -1.03. The average Bonchev–Trinajstić information content (AvgIpc) is 2.67. The van der Waals surface area contributed by atoms with Gasteiger partial charge in [0.2, 0.25) is 7.14 Å². The van der Waals surface area contributed by atoms with Gasteiger partial charge < -0.3 is 4.74 Å². The molecule has 2 aromatic carbocycles. The van der Waals surface area contributed by atoms with Gasteiger partial charge in [-0.2, -0.15) is 0 Å². The van der Waals surface area contributed by atoms with Crippen molar-refractivity contribution < 1.29 is 25.9 Å². The van der Waals surface area contributed by atoms with Crippen LogP contribution in [0.2, 0.25) is 0 Å². The zero-order valence-electron chi connectivity index (χ0n) is 8.33. The van der Waals surface area contributed by atoms with Gasteiger partial charge in [0, 0.05) is 5.56 Å². The van der Waals surface area contributed by atoms with Crippen molar-refractivity contribution in [3.05, 3.63) is 49.6 Å². The number of benzene rings is 2. The molecule has 2 heteroatoms. The quantitative estimate of drug-likeness (QED) is 0.566. The first-order valence-electron chi connectivity index (χ1n) is 4.81. The Bertz CT molecular complexity index is 520. The van der Waals surface area contributed by atoms with Gasteiger partial charge in [-0.3, -0.25) is 0 Å². The molecule has 0 atom stereocenters. The van der Waals surface area contributed by atoms with Crippen molar-refractivity contribution in [1.82, 2.24) is 0 Å². The third kappa shape index (κ3) is 1.35. The van der Waals surface area contributed by atoms with Crippen molar-refractivity contribution in [3.63, 3.8) is 0 Å². The van der Waals surface area contributed by atoms with Crippen molar-refractivity contribution >= 4 is 0 Å². The number of hydrogen-bond donors (Lipinski definition) is 0. The number of hydrogen-bond acceptors (Lipinski definition) is 1. The molecule has 74 valence electrons. The molecule has 15 heavy (non-hydrogen) atoms. The van der Waals surface area contributed by atoms with E-state index < -0.39 is 0 Å². The molecule has 0 spiro atoms. The molecule has 0 aliphatic carbocycles. The monoisotopic (exact) mass is 309 g/mol. The van der Waals surface area contributed by atoms with E-state index in [2.05, 4.69) is 36.4 Å². The second-order valence-electron chi connectivity index (χ2n) is 3.39. The maximum Gasteiger partial charge on any atom is 0.359 e. The highest BCUT2D eigenvalue weighted by Crippen LogP contribution is 2.31. The SMILES string of the molecule is COc1cccc2c1-c1ccccc1[I+]2. The van der Waals surface area contributed by atoms with Gasteiger partial charge in [-0.25, -0.2) is 0 Å². The van der Waals surface area contributed by atoms with Gasteiger partial charge >= 0.3 is 21.2 Å². The summed E-state index contributed by atoms with van der Waals surface area (Å²) in [6.07, 6.45) is 0. The highest BCUT2D eigenvalue weighted by atomic mass is 127. The molecule has 0 aromatic heterocycles. The predicted molar refractivity (Wildman–Crippen MR) is 55.8 cm³/mol. The Morgan fingerprint density at radius 1 is 0.933 bits per heavy atom. The van der Waals surface area contributed by atoms with Crippen LogP contribution in [-0.4, -0.2) is 7.11 Å². The lowest BCUT2D eigenvalue weighted by molar-refractivity contribution is -0.589. The minimum Gasteiger partial charge on any atom is -0.496 e. The van der Waals surface area contributed by atoms with Crippen molar-refractivity contribution in [3.8, 4) is 16.9 Å². The lowest BCUT2D eigenvalue weighted by atomic mass is 10.1. The molecule has 3 rings (SSSR count). The van der Waals surface area contributed by atoms with Gasteiger partial charge in [0.25, 0.3) is 0 Å². The summed E-state index contributed by atoms with van der Waals surface area (Å²) >= 11 is -0.000115.